The summed E-state index contributed by atoms with van der Waals surface area (Å²) in [7, 11) is 0. The highest BCUT2D eigenvalue weighted by atomic mass is 35.5. The number of aromatic nitrogens is 1. The molecule has 0 aromatic carbocycles. The van der Waals surface area contributed by atoms with Gasteiger partial charge in [0, 0.05) is 38.3 Å². The Labute approximate surface area is 194 Å². The number of nitrogens with two attached hydrogens (primary N) is 1. The number of halogens is 1. The van der Waals surface area contributed by atoms with Crippen LogP contribution >= 0.6 is 11.6 Å². The van der Waals surface area contributed by atoms with E-state index in [-0.39, 0.29) is 52.0 Å². The molecule has 3 unspecified atom stereocenters. The van der Waals surface area contributed by atoms with Crippen molar-refractivity contribution in [2.45, 2.75) is 65.5 Å². The molecule has 3 N–H and O–H groups in total. The van der Waals surface area contributed by atoms with Crippen LogP contribution in [0.5, 0.6) is 0 Å². The van der Waals surface area contributed by atoms with E-state index < -0.39 is 0 Å². The van der Waals surface area contributed by atoms with Gasteiger partial charge in [0.2, 0.25) is 11.8 Å². The van der Waals surface area contributed by atoms with Crippen molar-refractivity contribution in [3.05, 3.63) is 22.8 Å². The fourth-order valence-corrected chi connectivity index (χ4v) is 4.74. The number of carbonyl (C=O) groups excluding carboxylic acids is 3. The summed E-state index contributed by atoms with van der Waals surface area (Å²) >= 11 is 5.95. The van der Waals surface area contributed by atoms with Crippen molar-refractivity contribution in [3.8, 4) is 0 Å². The number of amides is 3. The van der Waals surface area contributed by atoms with Crippen molar-refractivity contribution < 1.29 is 14.4 Å². The van der Waals surface area contributed by atoms with Gasteiger partial charge in [-0.3, -0.25) is 14.4 Å². The van der Waals surface area contributed by atoms with E-state index in [1.54, 1.807) is 4.90 Å². The van der Waals surface area contributed by atoms with Crippen LogP contribution in [-0.4, -0.2) is 64.2 Å². The van der Waals surface area contributed by atoms with E-state index in [1.165, 1.54) is 12.3 Å². The lowest BCUT2D eigenvalue weighted by Crippen LogP contribution is -2.49. The monoisotopic (exact) mass is 463 g/mol. The highest BCUT2D eigenvalue weighted by Crippen LogP contribution is 2.29. The normalized spacial score (nSPS) is 23.5. The number of nitrogen functional groups attached to an aromatic ring is 1. The van der Waals surface area contributed by atoms with Gasteiger partial charge in [0.25, 0.3) is 5.91 Å². The van der Waals surface area contributed by atoms with Gasteiger partial charge in [-0.05, 0) is 43.6 Å². The summed E-state index contributed by atoms with van der Waals surface area (Å²) in [6, 6.07) is 1.19. The van der Waals surface area contributed by atoms with Crippen LogP contribution in [0, 0.1) is 11.3 Å². The fourth-order valence-electron chi connectivity index (χ4n) is 4.58. The molecule has 0 aliphatic carbocycles. The summed E-state index contributed by atoms with van der Waals surface area (Å²) in [4.78, 5) is 46.1. The number of rotatable bonds is 5. The molecule has 176 valence electrons. The van der Waals surface area contributed by atoms with Crippen molar-refractivity contribution >= 4 is 35.1 Å². The zero-order chi connectivity index (χ0) is 23.6. The third kappa shape index (κ3) is 5.71. The van der Waals surface area contributed by atoms with Crippen LogP contribution in [0.3, 0.4) is 0 Å². The van der Waals surface area contributed by atoms with Gasteiger partial charge in [-0.25, -0.2) is 4.98 Å². The average Bonchev–Trinajstić information content (AvgIpc) is 3.33. The average molecular weight is 464 g/mol. The molecule has 0 spiro atoms. The Morgan fingerprint density at radius 1 is 1.28 bits per heavy atom. The first-order valence-corrected chi connectivity index (χ1v) is 11.6. The van der Waals surface area contributed by atoms with E-state index in [2.05, 4.69) is 10.3 Å². The Kier molecular flexibility index (Phi) is 7.32. The molecular weight excluding hydrogens is 430 g/mol. The maximum Gasteiger partial charge on any atom is 0.252 e. The second-order valence-electron chi connectivity index (χ2n) is 10.2. The molecule has 0 radical (unpaired) electrons. The SMILES string of the molecule is CC1CC(CNC(=O)c2cnc(N)c(Cl)c2)CN1C(=O)C1CCCN1C(=O)CC(C)(C)C. The molecule has 8 nitrogen and oxygen atoms in total. The van der Waals surface area contributed by atoms with E-state index in [9.17, 15) is 14.4 Å². The Bertz CT molecular complexity index is 885. The van der Waals surface area contributed by atoms with Gasteiger partial charge >= 0.3 is 0 Å². The van der Waals surface area contributed by atoms with E-state index in [0.717, 1.165) is 12.8 Å². The number of anilines is 1. The minimum atomic E-state index is -0.372. The van der Waals surface area contributed by atoms with Gasteiger partial charge in [-0.15, -0.1) is 0 Å². The Balaban J connectivity index is 1.57. The van der Waals surface area contributed by atoms with Crippen LogP contribution in [0.25, 0.3) is 0 Å². The van der Waals surface area contributed by atoms with E-state index in [0.29, 0.717) is 38.0 Å². The second kappa shape index (κ2) is 9.65. The number of hydrogen-bond acceptors (Lipinski definition) is 5. The first kappa shape index (κ1) is 24.3. The largest absolute Gasteiger partial charge is 0.382 e. The lowest BCUT2D eigenvalue weighted by Gasteiger charge is -2.31. The highest BCUT2D eigenvalue weighted by Gasteiger charge is 2.41. The number of hydrogen-bond donors (Lipinski definition) is 2. The molecule has 9 heteroatoms. The molecule has 3 rings (SSSR count). The summed E-state index contributed by atoms with van der Waals surface area (Å²) in [5.74, 6) is 0.145. The Hall–Kier alpha value is -2.35. The lowest BCUT2D eigenvalue weighted by atomic mass is 9.91. The molecule has 3 amide bonds. The highest BCUT2D eigenvalue weighted by molar-refractivity contribution is 6.33. The molecule has 3 heterocycles. The van der Waals surface area contributed by atoms with Crippen LogP contribution in [0.2, 0.25) is 5.02 Å². The summed E-state index contributed by atoms with van der Waals surface area (Å²) in [6.45, 7) is 9.80. The third-order valence-corrected chi connectivity index (χ3v) is 6.47. The zero-order valence-electron chi connectivity index (χ0n) is 19.4. The predicted octanol–water partition coefficient (Wildman–Crippen LogP) is 2.71. The van der Waals surface area contributed by atoms with Gasteiger partial charge in [0.1, 0.15) is 11.9 Å². The van der Waals surface area contributed by atoms with Crippen LogP contribution < -0.4 is 11.1 Å². The van der Waals surface area contributed by atoms with Crippen molar-refractivity contribution in [2.75, 3.05) is 25.4 Å². The van der Waals surface area contributed by atoms with Gasteiger partial charge in [0.15, 0.2) is 0 Å². The number of likely N-dealkylation sites (tertiary alicyclic amines) is 2. The minimum absolute atomic E-state index is 0.0283. The molecular formula is C23H34ClN5O3. The van der Waals surface area contributed by atoms with Crippen LogP contribution in [0.4, 0.5) is 5.82 Å². The number of nitrogens with one attached hydrogen (secondary N) is 1. The van der Waals surface area contributed by atoms with Crippen LogP contribution in [0.15, 0.2) is 12.3 Å². The first-order chi connectivity index (χ1) is 15.0. The molecule has 1 aromatic rings. The Morgan fingerprint density at radius 3 is 2.66 bits per heavy atom. The maximum atomic E-state index is 13.3. The molecule has 3 atom stereocenters. The first-order valence-electron chi connectivity index (χ1n) is 11.3. The fraction of sp³-hybridized carbons (Fsp3) is 0.652. The topological polar surface area (TPSA) is 109 Å². The summed E-state index contributed by atoms with van der Waals surface area (Å²) < 4.78 is 0. The van der Waals surface area contributed by atoms with Crippen LogP contribution in [-0.2, 0) is 9.59 Å². The number of carbonyl (C=O) groups is 3. The summed E-state index contributed by atoms with van der Waals surface area (Å²) in [6.07, 6.45) is 4.20. The molecule has 2 fully saturated rings. The van der Waals surface area contributed by atoms with E-state index in [4.69, 9.17) is 17.3 Å². The molecule has 2 saturated heterocycles. The van der Waals surface area contributed by atoms with Gasteiger partial charge < -0.3 is 20.9 Å². The standard InChI is InChI=1S/C23H34ClN5O3/c1-14-8-15(11-27-21(31)16-9-17(24)20(25)26-12-16)13-29(14)22(32)18-6-5-7-28(18)19(30)10-23(2,3)4/h9,12,14-15,18H,5-8,10-11,13H2,1-4H3,(H2,25,26)(H,27,31). The molecule has 0 saturated carbocycles. The smallest absolute Gasteiger partial charge is 0.252 e. The van der Waals surface area contributed by atoms with E-state index >= 15 is 0 Å². The van der Waals surface area contributed by atoms with Gasteiger partial charge in [-0.1, -0.05) is 32.4 Å². The molecule has 1 aromatic heterocycles. The van der Waals surface area contributed by atoms with Crippen molar-refractivity contribution in [1.82, 2.24) is 20.1 Å². The third-order valence-electron chi connectivity index (χ3n) is 6.17. The minimum Gasteiger partial charge on any atom is -0.382 e. The Morgan fingerprint density at radius 2 is 2.00 bits per heavy atom. The van der Waals surface area contributed by atoms with Crippen molar-refractivity contribution in [1.29, 1.82) is 0 Å². The van der Waals surface area contributed by atoms with Crippen LogP contribution in [0.1, 0.15) is 63.7 Å². The van der Waals surface area contributed by atoms with Crippen molar-refractivity contribution in [3.63, 3.8) is 0 Å². The number of pyridine rings is 1. The van der Waals surface area contributed by atoms with Crippen molar-refractivity contribution in [2.24, 2.45) is 11.3 Å². The molecule has 0 bridgehead atoms. The zero-order valence-corrected chi connectivity index (χ0v) is 20.1. The van der Waals surface area contributed by atoms with Gasteiger partial charge in [0.05, 0.1) is 10.6 Å². The summed E-state index contributed by atoms with van der Waals surface area (Å²) in [5, 5.41) is 3.15. The van der Waals surface area contributed by atoms with E-state index in [1.807, 2.05) is 32.6 Å². The lowest BCUT2D eigenvalue weighted by molar-refractivity contribution is -0.145. The maximum absolute atomic E-state index is 13.3. The second-order valence-corrected chi connectivity index (χ2v) is 10.6. The van der Waals surface area contributed by atoms with Gasteiger partial charge in [-0.2, -0.15) is 0 Å². The summed E-state index contributed by atoms with van der Waals surface area (Å²) in [5.41, 5.74) is 5.83. The molecule has 2 aliphatic heterocycles. The number of nitrogens with zero attached hydrogens (tertiary/aromatic N) is 3. The molecule has 2 aliphatic rings. The quantitative estimate of drug-likeness (QED) is 0.697. The molecule has 32 heavy (non-hydrogen) atoms. The predicted molar refractivity (Wildman–Crippen MR) is 124 cm³/mol.